The average molecular weight is 307 g/mol. The van der Waals surface area contributed by atoms with Gasteiger partial charge in [0.05, 0.1) is 33.4 Å². The van der Waals surface area contributed by atoms with Gasteiger partial charge in [-0.25, -0.2) is 4.99 Å². The highest BCUT2D eigenvalue weighted by molar-refractivity contribution is 5.80. The molecule has 0 aliphatic heterocycles. The topological polar surface area (TPSA) is 64.1 Å². The van der Waals surface area contributed by atoms with E-state index in [4.69, 9.17) is 14.2 Å². The van der Waals surface area contributed by atoms with Crippen molar-refractivity contribution in [2.24, 2.45) is 4.99 Å². The number of ether oxygens (including phenoxy) is 3. The summed E-state index contributed by atoms with van der Waals surface area (Å²) in [6, 6.07) is 3.63. The van der Waals surface area contributed by atoms with Crippen molar-refractivity contribution in [3.63, 3.8) is 0 Å². The first-order valence-corrected chi connectivity index (χ1v) is 7.12. The van der Waals surface area contributed by atoms with Gasteiger partial charge < -0.3 is 24.8 Å². The summed E-state index contributed by atoms with van der Waals surface area (Å²) in [5, 5.41) is 6.32. The summed E-state index contributed by atoms with van der Waals surface area (Å²) in [4.78, 5) is 4.54. The lowest BCUT2D eigenvalue weighted by Gasteiger charge is -2.15. The summed E-state index contributed by atoms with van der Waals surface area (Å²) < 4.78 is 16.1. The van der Waals surface area contributed by atoms with Crippen LogP contribution in [0.3, 0.4) is 0 Å². The van der Waals surface area contributed by atoms with Crippen molar-refractivity contribution in [1.82, 2.24) is 10.6 Å². The van der Waals surface area contributed by atoms with Crippen molar-refractivity contribution in [2.45, 2.75) is 13.5 Å². The van der Waals surface area contributed by atoms with E-state index in [2.05, 4.69) is 22.2 Å². The fourth-order valence-corrected chi connectivity index (χ4v) is 1.90. The maximum absolute atomic E-state index is 5.42. The molecular weight excluding hydrogens is 282 g/mol. The predicted molar refractivity (Wildman–Crippen MR) is 89.1 cm³/mol. The number of nitrogens with one attached hydrogen (secondary N) is 2. The standard InChI is InChI=1S/C16H25N3O3/c1-6-8-18-16(17-7-2)19-11-13-14(21-4)9-12(20-3)10-15(13)22-5/h6,9-10H,1,7-8,11H2,2-5H3,(H2,17,18,19). The Labute approximate surface area is 132 Å². The normalized spacial score (nSPS) is 10.8. The summed E-state index contributed by atoms with van der Waals surface area (Å²) in [5.41, 5.74) is 0.863. The molecule has 6 nitrogen and oxygen atoms in total. The lowest BCUT2D eigenvalue weighted by molar-refractivity contribution is 0.369. The average Bonchev–Trinajstić information content (AvgIpc) is 2.56. The van der Waals surface area contributed by atoms with Crippen molar-refractivity contribution >= 4 is 5.96 Å². The minimum atomic E-state index is 0.419. The van der Waals surface area contributed by atoms with Crippen molar-refractivity contribution in [2.75, 3.05) is 34.4 Å². The van der Waals surface area contributed by atoms with E-state index in [9.17, 15) is 0 Å². The Balaban J connectivity index is 3.05. The van der Waals surface area contributed by atoms with E-state index in [1.807, 2.05) is 19.1 Å². The fourth-order valence-electron chi connectivity index (χ4n) is 1.90. The van der Waals surface area contributed by atoms with Crippen LogP contribution in [0, 0.1) is 0 Å². The third-order valence-corrected chi connectivity index (χ3v) is 2.97. The molecule has 6 heteroatoms. The Morgan fingerprint density at radius 2 is 1.77 bits per heavy atom. The van der Waals surface area contributed by atoms with E-state index < -0.39 is 0 Å². The minimum absolute atomic E-state index is 0.419. The van der Waals surface area contributed by atoms with Gasteiger partial charge in [0.2, 0.25) is 0 Å². The molecule has 0 aliphatic rings. The quantitative estimate of drug-likeness (QED) is 0.437. The highest BCUT2D eigenvalue weighted by Crippen LogP contribution is 2.34. The monoisotopic (exact) mass is 307 g/mol. The summed E-state index contributed by atoms with van der Waals surface area (Å²) in [7, 11) is 4.83. The molecule has 0 atom stereocenters. The number of hydrogen-bond acceptors (Lipinski definition) is 4. The van der Waals surface area contributed by atoms with Crippen LogP contribution in [-0.4, -0.2) is 40.4 Å². The smallest absolute Gasteiger partial charge is 0.191 e. The van der Waals surface area contributed by atoms with Crippen LogP contribution < -0.4 is 24.8 Å². The van der Waals surface area contributed by atoms with Gasteiger partial charge in [-0.3, -0.25) is 0 Å². The second-order valence-electron chi connectivity index (χ2n) is 4.38. The van der Waals surface area contributed by atoms with Gasteiger partial charge in [-0.2, -0.15) is 0 Å². The van der Waals surface area contributed by atoms with Crippen LogP contribution >= 0.6 is 0 Å². The van der Waals surface area contributed by atoms with Gasteiger partial charge in [0, 0.05) is 25.2 Å². The van der Waals surface area contributed by atoms with Crippen molar-refractivity contribution in [3.8, 4) is 17.2 Å². The Morgan fingerprint density at radius 1 is 1.14 bits per heavy atom. The minimum Gasteiger partial charge on any atom is -0.496 e. The maximum atomic E-state index is 5.42. The van der Waals surface area contributed by atoms with Gasteiger partial charge in [0.15, 0.2) is 5.96 Å². The van der Waals surface area contributed by atoms with E-state index in [0.29, 0.717) is 36.3 Å². The van der Waals surface area contributed by atoms with Crippen molar-refractivity contribution in [3.05, 3.63) is 30.4 Å². The van der Waals surface area contributed by atoms with Crippen LogP contribution in [0.1, 0.15) is 12.5 Å². The van der Waals surface area contributed by atoms with Gasteiger partial charge in [-0.1, -0.05) is 6.08 Å². The second kappa shape index (κ2) is 9.55. The van der Waals surface area contributed by atoms with Crippen LogP contribution in [0.15, 0.2) is 29.8 Å². The number of nitrogens with zero attached hydrogens (tertiary/aromatic N) is 1. The number of aliphatic imine (C=N–C) groups is 1. The van der Waals surface area contributed by atoms with Crippen LogP contribution in [0.5, 0.6) is 17.2 Å². The van der Waals surface area contributed by atoms with Gasteiger partial charge >= 0.3 is 0 Å². The molecule has 1 aromatic rings. The SMILES string of the molecule is C=CCNC(=NCc1c(OC)cc(OC)cc1OC)NCC. The molecule has 0 fully saturated rings. The van der Waals surface area contributed by atoms with E-state index in [-0.39, 0.29) is 0 Å². The Morgan fingerprint density at radius 3 is 2.23 bits per heavy atom. The van der Waals surface area contributed by atoms with E-state index in [0.717, 1.165) is 12.1 Å². The van der Waals surface area contributed by atoms with E-state index >= 15 is 0 Å². The molecule has 1 aromatic carbocycles. The van der Waals surface area contributed by atoms with E-state index in [1.165, 1.54) is 0 Å². The number of rotatable bonds is 8. The fraction of sp³-hybridized carbons (Fsp3) is 0.438. The zero-order valence-electron chi connectivity index (χ0n) is 13.7. The highest BCUT2D eigenvalue weighted by Gasteiger charge is 2.13. The first-order chi connectivity index (χ1) is 10.7. The molecule has 0 saturated carbocycles. The molecule has 22 heavy (non-hydrogen) atoms. The zero-order chi connectivity index (χ0) is 16.4. The van der Waals surface area contributed by atoms with Crippen LogP contribution in [0.2, 0.25) is 0 Å². The van der Waals surface area contributed by atoms with Gasteiger partial charge in [0.25, 0.3) is 0 Å². The van der Waals surface area contributed by atoms with E-state index in [1.54, 1.807) is 27.4 Å². The molecule has 0 radical (unpaired) electrons. The molecule has 0 saturated heterocycles. The Kier molecular flexibility index (Phi) is 7.67. The lowest BCUT2D eigenvalue weighted by Crippen LogP contribution is -2.37. The molecule has 0 aromatic heterocycles. The molecule has 1 rings (SSSR count). The first kappa shape index (κ1) is 17.7. The second-order valence-corrected chi connectivity index (χ2v) is 4.38. The maximum Gasteiger partial charge on any atom is 0.191 e. The predicted octanol–water partition coefficient (Wildman–Crippen LogP) is 1.95. The third-order valence-electron chi connectivity index (χ3n) is 2.97. The molecule has 0 unspecified atom stereocenters. The van der Waals surface area contributed by atoms with Crippen LogP contribution in [0.4, 0.5) is 0 Å². The molecule has 0 aliphatic carbocycles. The number of methoxy groups -OCH3 is 3. The summed E-state index contributed by atoms with van der Waals surface area (Å²) in [5.74, 6) is 2.75. The molecule has 0 heterocycles. The van der Waals surface area contributed by atoms with Crippen LogP contribution in [0.25, 0.3) is 0 Å². The Hall–Kier alpha value is -2.37. The summed E-state index contributed by atoms with van der Waals surface area (Å²) in [6.07, 6.45) is 1.78. The van der Waals surface area contributed by atoms with Gasteiger partial charge in [-0.05, 0) is 6.92 Å². The Bertz CT molecular complexity index is 490. The number of benzene rings is 1. The van der Waals surface area contributed by atoms with Crippen LogP contribution in [-0.2, 0) is 6.54 Å². The van der Waals surface area contributed by atoms with Crippen molar-refractivity contribution < 1.29 is 14.2 Å². The summed E-state index contributed by atoms with van der Waals surface area (Å²) in [6.45, 7) is 7.54. The van der Waals surface area contributed by atoms with Gasteiger partial charge in [-0.15, -0.1) is 6.58 Å². The molecule has 122 valence electrons. The molecule has 0 bridgehead atoms. The highest BCUT2D eigenvalue weighted by atomic mass is 16.5. The zero-order valence-corrected chi connectivity index (χ0v) is 13.7. The molecule has 0 amide bonds. The van der Waals surface area contributed by atoms with Crippen molar-refractivity contribution in [1.29, 1.82) is 0 Å². The molecular formula is C16H25N3O3. The largest absolute Gasteiger partial charge is 0.496 e. The van der Waals surface area contributed by atoms with Gasteiger partial charge in [0.1, 0.15) is 17.2 Å². The number of hydrogen-bond donors (Lipinski definition) is 2. The molecule has 2 N–H and O–H groups in total. The molecule has 0 spiro atoms. The number of guanidine groups is 1. The summed E-state index contributed by atoms with van der Waals surface area (Å²) >= 11 is 0. The third kappa shape index (κ3) is 4.87. The lowest BCUT2D eigenvalue weighted by atomic mass is 10.1. The first-order valence-electron chi connectivity index (χ1n) is 7.12.